The number of aryl methyl sites for hydroxylation is 1. The molecule has 6 heteroatoms. The number of nitrogens with one attached hydrogen (secondary N) is 1. The Morgan fingerprint density at radius 2 is 2.24 bits per heavy atom. The van der Waals surface area contributed by atoms with Crippen LogP contribution in [-0.2, 0) is 7.05 Å². The number of rotatable bonds is 4. The average molecular weight is 233 g/mol. The summed E-state index contributed by atoms with van der Waals surface area (Å²) in [5, 5.41) is 7.27. The van der Waals surface area contributed by atoms with E-state index in [-0.39, 0.29) is 0 Å². The van der Waals surface area contributed by atoms with Gasteiger partial charge in [-0.2, -0.15) is 5.10 Å². The van der Waals surface area contributed by atoms with Crippen LogP contribution in [0.5, 0.6) is 5.75 Å². The molecule has 2 rings (SSSR count). The lowest BCUT2D eigenvalue weighted by molar-refractivity contribution is 0.414. The van der Waals surface area contributed by atoms with E-state index in [1.54, 1.807) is 18.0 Å². The Morgan fingerprint density at radius 1 is 1.41 bits per heavy atom. The van der Waals surface area contributed by atoms with Crippen molar-refractivity contribution in [1.29, 1.82) is 0 Å². The fourth-order valence-electron chi connectivity index (χ4n) is 1.65. The minimum absolute atomic E-state index is 0.637. The number of aromatic nitrogens is 4. The van der Waals surface area contributed by atoms with Gasteiger partial charge >= 0.3 is 0 Å². The van der Waals surface area contributed by atoms with Crippen LogP contribution in [0.4, 0.5) is 5.82 Å². The van der Waals surface area contributed by atoms with Gasteiger partial charge < -0.3 is 10.1 Å². The van der Waals surface area contributed by atoms with Crippen molar-refractivity contribution in [3.63, 3.8) is 0 Å². The fraction of sp³-hybridized carbons (Fsp3) is 0.364. The van der Waals surface area contributed by atoms with Gasteiger partial charge in [0.1, 0.15) is 12.0 Å². The van der Waals surface area contributed by atoms with E-state index in [4.69, 9.17) is 4.74 Å². The number of anilines is 1. The topological polar surface area (TPSA) is 64.9 Å². The average Bonchev–Trinajstić information content (AvgIpc) is 2.75. The Balaban J connectivity index is 2.54. The smallest absolute Gasteiger partial charge is 0.189 e. The molecule has 0 saturated heterocycles. The molecule has 0 unspecified atom stereocenters. The highest BCUT2D eigenvalue weighted by Crippen LogP contribution is 2.32. The van der Waals surface area contributed by atoms with Crippen molar-refractivity contribution in [3.8, 4) is 17.1 Å². The molecule has 17 heavy (non-hydrogen) atoms. The van der Waals surface area contributed by atoms with E-state index in [1.807, 2.05) is 20.0 Å². The van der Waals surface area contributed by atoms with E-state index in [2.05, 4.69) is 20.4 Å². The van der Waals surface area contributed by atoms with E-state index in [0.717, 1.165) is 17.9 Å². The summed E-state index contributed by atoms with van der Waals surface area (Å²) < 4.78 is 7.13. The number of ether oxygens (including phenoxy) is 1. The number of hydrogen-bond acceptors (Lipinski definition) is 5. The van der Waals surface area contributed by atoms with E-state index >= 15 is 0 Å². The maximum atomic E-state index is 5.38. The zero-order valence-electron chi connectivity index (χ0n) is 10.1. The van der Waals surface area contributed by atoms with Gasteiger partial charge in [-0.15, -0.1) is 0 Å². The standard InChI is InChI=1S/C11H15N5O/c1-4-12-11-10(17-3)9(13-7-14-11)8-5-6-15-16(8)2/h5-7H,4H2,1-3H3,(H,12,13,14). The van der Waals surface area contributed by atoms with E-state index < -0.39 is 0 Å². The van der Waals surface area contributed by atoms with Gasteiger partial charge in [0.15, 0.2) is 11.6 Å². The molecule has 0 amide bonds. The first kappa shape index (κ1) is 11.4. The lowest BCUT2D eigenvalue weighted by Gasteiger charge is -2.12. The van der Waals surface area contributed by atoms with Crippen molar-refractivity contribution < 1.29 is 4.74 Å². The Morgan fingerprint density at radius 3 is 2.82 bits per heavy atom. The van der Waals surface area contributed by atoms with Crippen LogP contribution < -0.4 is 10.1 Å². The molecule has 0 spiro atoms. The third kappa shape index (κ3) is 2.06. The lowest BCUT2D eigenvalue weighted by Crippen LogP contribution is -2.05. The van der Waals surface area contributed by atoms with E-state index in [9.17, 15) is 0 Å². The summed E-state index contributed by atoms with van der Waals surface area (Å²) >= 11 is 0. The van der Waals surface area contributed by atoms with Crippen molar-refractivity contribution in [3.05, 3.63) is 18.6 Å². The minimum Gasteiger partial charge on any atom is -0.491 e. The Hall–Kier alpha value is -2.11. The van der Waals surface area contributed by atoms with Gasteiger partial charge in [-0.1, -0.05) is 0 Å². The predicted octanol–water partition coefficient (Wildman–Crippen LogP) is 1.32. The second-order valence-corrected chi connectivity index (χ2v) is 3.47. The molecule has 0 atom stereocenters. The van der Waals surface area contributed by atoms with Crippen LogP contribution in [0.3, 0.4) is 0 Å². The van der Waals surface area contributed by atoms with Gasteiger partial charge in [0.25, 0.3) is 0 Å². The van der Waals surface area contributed by atoms with Gasteiger partial charge in [-0.25, -0.2) is 9.97 Å². The molecule has 2 aromatic heterocycles. The van der Waals surface area contributed by atoms with Crippen LogP contribution in [0.25, 0.3) is 11.4 Å². The van der Waals surface area contributed by atoms with Crippen molar-refractivity contribution in [1.82, 2.24) is 19.7 Å². The third-order valence-electron chi connectivity index (χ3n) is 2.42. The molecular formula is C11H15N5O. The second kappa shape index (κ2) is 4.82. The first-order valence-corrected chi connectivity index (χ1v) is 5.39. The summed E-state index contributed by atoms with van der Waals surface area (Å²) in [6, 6.07) is 1.89. The van der Waals surface area contributed by atoms with Crippen LogP contribution in [0.1, 0.15) is 6.92 Å². The molecule has 6 nitrogen and oxygen atoms in total. The molecular weight excluding hydrogens is 218 g/mol. The second-order valence-electron chi connectivity index (χ2n) is 3.47. The molecule has 1 N–H and O–H groups in total. The van der Waals surface area contributed by atoms with Crippen molar-refractivity contribution in [2.24, 2.45) is 7.05 Å². The third-order valence-corrected chi connectivity index (χ3v) is 2.42. The highest BCUT2D eigenvalue weighted by atomic mass is 16.5. The molecule has 90 valence electrons. The SMILES string of the molecule is CCNc1ncnc(-c2ccnn2C)c1OC. The van der Waals surface area contributed by atoms with Crippen LogP contribution in [0.15, 0.2) is 18.6 Å². The first-order valence-electron chi connectivity index (χ1n) is 5.39. The quantitative estimate of drug-likeness (QED) is 0.862. The maximum Gasteiger partial charge on any atom is 0.189 e. The van der Waals surface area contributed by atoms with Crippen LogP contribution in [0, 0.1) is 0 Å². The summed E-state index contributed by atoms with van der Waals surface area (Å²) in [5.74, 6) is 1.33. The number of hydrogen-bond donors (Lipinski definition) is 1. The monoisotopic (exact) mass is 233 g/mol. The minimum atomic E-state index is 0.637. The van der Waals surface area contributed by atoms with Crippen molar-refractivity contribution in [2.75, 3.05) is 19.0 Å². The van der Waals surface area contributed by atoms with Gasteiger partial charge in [-0.05, 0) is 13.0 Å². The first-order chi connectivity index (χ1) is 8.27. The lowest BCUT2D eigenvalue weighted by atomic mass is 10.2. The molecule has 2 heterocycles. The fourth-order valence-corrected chi connectivity index (χ4v) is 1.65. The maximum absolute atomic E-state index is 5.38. The van der Waals surface area contributed by atoms with Crippen molar-refractivity contribution >= 4 is 5.82 Å². The van der Waals surface area contributed by atoms with Crippen LogP contribution in [-0.4, -0.2) is 33.4 Å². The largest absolute Gasteiger partial charge is 0.491 e. The van der Waals surface area contributed by atoms with Crippen LogP contribution in [0.2, 0.25) is 0 Å². The zero-order chi connectivity index (χ0) is 12.3. The van der Waals surface area contributed by atoms with E-state index in [1.165, 1.54) is 6.33 Å². The summed E-state index contributed by atoms with van der Waals surface area (Å²) in [6.07, 6.45) is 3.24. The van der Waals surface area contributed by atoms with Gasteiger partial charge in [-0.3, -0.25) is 4.68 Å². The summed E-state index contributed by atoms with van der Waals surface area (Å²) in [5.41, 5.74) is 1.63. The number of nitrogens with zero attached hydrogens (tertiary/aromatic N) is 4. The van der Waals surface area contributed by atoms with Gasteiger partial charge in [0.2, 0.25) is 0 Å². The predicted molar refractivity (Wildman–Crippen MR) is 64.9 cm³/mol. The molecule has 0 aliphatic rings. The summed E-state index contributed by atoms with van der Waals surface area (Å²) in [6.45, 7) is 2.78. The number of methoxy groups -OCH3 is 1. The molecule has 2 aromatic rings. The summed E-state index contributed by atoms with van der Waals surface area (Å²) in [4.78, 5) is 8.42. The van der Waals surface area contributed by atoms with Gasteiger partial charge in [0.05, 0.1) is 12.8 Å². The Labute approximate surface area is 99.7 Å². The van der Waals surface area contributed by atoms with Gasteiger partial charge in [0, 0.05) is 19.8 Å². The highest BCUT2D eigenvalue weighted by Gasteiger charge is 2.15. The Kier molecular flexibility index (Phi) is 3.22. The molecule has 0 bridgehead atoms. The van der Waals surface area contributed by atoms with E-state index in [0.29, 0.717) is 11.6 Å². The Bertz CT molecular complexity index is 508. The molecule has 0 aliphatic heterocycles. The normalized spacial score (nSPS) is 10.3. The van der Waals surface area contributed by atoms with Crippen LogP contribution >= 0.6 is 0 Å². The zero-order valence-corrected chi connectivity index (χ0v) is 10.1. The highest BCUT2D eigenvalue weighted by molar-refractivity contribution is 5.70. The molecule has 0 fully saturated rings. The molecule has 0 aromatic carbocycles. The molecule has 0 aliphatic carbocycles. The summed E-state index contributed by atoms with van der Waals surface area (Å²) in [7, 11) is 3.48. The molecule has 0 saturated carbocycles. The van der Waals surface area contributed by atoms with Crippen molar-refractivity contribution in [2.45, 2.75) is 6.92 Å². The molecule has 0 radical (unpaired) electrons.